The highest BCUT2D eigenvalue weighted by Crippen LogP contribution is 2.31. The third-order valence-electron chi connectivity index (χ3n) is 7.14. The SMILES string of the molecule is CCN(CC)C(C)CNC(=O)c1cc(-c2cnn3ccc(-c4cccs4)nc23)nc(N2CC[C@@H]2CO)c1. The first-order valence-corrected chi connectivity index (χ1v) is 13.7. The summed E-state index contributed by atoms with van der Waals surface area (Å²) in [5.41, 5.74) is 3.47. The van der Waals surface area contributed by atoms with Crippen LogP contribution in [-0.4, -0.2) is 80.4 Å². The fraction of sp³-hybridized carbons (Fsp3) is 0.407. The number of carbonyl (C=O) groups excluding carboxylic acids is 1. The maximum absolute atomic E-state index is 13.3. The van der Waals surface area contributed by atoms with Crippen molar-refractivity contribution in [3.63, 3.8) is 0 Å². The molecule has 4 aromatic rings. The molecule has 9 nitrogen and oxygen atoms in total. The molecule has 1 fully saturated rings. The van der Waals surface area contributed by atoms with E-state index in [-0.39, 0.29) is 24.6 Å². The van der Waals surface area contributed by atoms with Crippen molar-refractivity contribution in [1.29, 1.82) is 0 Å². The maximum atomic E-state index is 13.3. The number of nitrogens with zero attached hydrogens (tertiary/aromatic N) is 6. The van der Waals surface area contributed by atoms with Gasteiger partial charge in [-0.25, -0.2) is 14.5 Å². The fourth-order valence-corrected chi connectivity index (χ4v) is 5.49. The van der Waals surface area contributed by atoms with Gasteiger partial charge < -0.3 is 15.3 Å². The Morgan fingerprint density at radius 3 is 2.76 bits per heavy atom. The third-order valence-corrected chi connectivity index (χ3v) is 8.03. The molecule has 2 N–H and O–H groups in total. The molecular formula is C27H33N7O2S. The number of fused-ring (bicyclic) bond motifs is 1. The minimum Gasteiger partial charge on any atom is -0.394 e. The van der Waals surface area contributed by atoms with Gasteiger partial charge in [0.15, 0.2) is 5.65 Å². The Labute approximate surface area is 220 Å². The summed E-state index contributed by atoms with van der Waals surface area (Å²) in [6.07, 6.45) is 4.54. The van der Waals surface area contributed by atoms with Crippen molar-refractivity contribution in [2.24, 2.45) is 0 Å². The summed E-state index contributed by atoms with van der Waals surface area (Å²) in [6, 6.07) is 9.86. The second-order valence-electron chi connectivity index (χ2n) is 9.31. The zero-order chi connectivity index (χ0) is 25.9. The number of pyridine rings is 1. The number of amides is 1. The van der Waals surface area contributed by atoms with Gasteiger partial charge in [-0.1, -0.05) is 19.9 Å². The number of carbonyl (C=O) groups is 1. The lowest BCUT2D eigenvalue weighted by atomic mass is 10.0. The average Bonchev–Trinajstić information content (AvgIpc) is 3.57. The lowest BCUT2D eigenvalue weighted by Crippen LogP contribution is -2.50. The smallest absolute Gasteiger partial charge is 0.251 e. The number of aliphatic hydroxyl groups excluding tert-OH is 1. The number of thiophene rings is 1. The Bertz CT molecular complexity index is 1360. The van der Waals surface area contributed by atoms with Crippen LogP contribution in [0.25, 0.3) is 27.5 Å². The van der Waals surface area contributed by atoms with Crippen LogP contribution < -0.4 is 10.2 Å². The topological polar surface area (TPSA) is 98.9 Å². The molecule has 1 amide bonds. The van der Waals surface area contributed by atoms with Crippen LogP contribution in [-0.2, 0) is 0 Å². The number of rotatable bonds is 10. The lowest BCUT2D eigenvalue weighted by molar-refractivity contribution is 0.0938. The van der Waals surface area contributed by atoms with Crippen molar-refractivity contribution in [2.75, 3.05) is 37.7 Å². The first-order valence-electron chi connectivity index (χ1n) is 12.8. The highest BCUT2D eigenvalue weighted by molar-refractivity contribution is 7.13. The van der Waals surface area contributed by atoms with E-state index < -0.39 is 0 Å². The second-order valence-corrected chi connectivity index (χ2v) is 10.3. The van der Waals surface area contributed by atoms with Crippen LogP contribution in [0.1, 0.15) is 37.6 Å². The predicted molar refractivity (Wildman–Crippen MR) is 147 cm³/mol. The summed E-state index contributed by atoms with van der Waals surface area (Å²) in [5.74, 6) is 0.534. The van der Waals surface area contributed by atoms with Gasteiger partial charge in [0.05, 0.1) is 40.7 Å². The average molecular weight is 520 g/mol. The first-order chi connectivity index (χ1) is 18.0. The third kappa shape index (κ3) is 5.09. The number of nitrogens with one attached hydrogen (secondary N) is 1. The van der Waals surface area contributed by atoms with Crippen LogP contribution in [0.2, 0.25) is 0 Å². The zero-order valence-electron chi connectivity index (χ0n) is 21.5. The van der Waals surface area contributed by atoms with Gasteiger partial charge in [-0.15, -0.1) is 11.3 Å². The molecule has 0 spiro atoms. The Balaban J connectivity index is 1.51. The Hall–Kier alpha value is -3.34. The summed E-state index contributed by atoms with van der Waals surface area (Å²) in [6.45, 7) is 9.64. The van der Waals surface area contributed by atoms with E-state index in [4.69, 9.17) is 9.97 Å². The van der Waals surface area contributed by atoms with Gasteiger partial charge >= 0.3 is 0 Å². The minimum absolute atomic E-state index is 0.00816. The van der Waals surface area contributed by atoms with Crippen LogP contribution >= 0.6 is 11.3 Å². The van der Waals surface area contributed by atoms with E-state index >= 15 is 0 Å². The fourth-order valence-electron chi connectivity index (χ4n) is 4.79. The predicted octanol–water partition coefficient (Wildman–Crippen LogP) is 3.55. The number of aliphatic hydroxyl groups is 1. The molecule has 0 radical (unpaired) electrons. The van der Waals surface area contributed by atoms with Crippen molar-refractivity contribution in [3.8, 4) is 21.8 Å². The molecule has 0 aromatic carbocycles. The standard InChI is InChI=1S/C27H33N7O2S/c1-4-32(5-2)18(3)15-28-27(36)19-13-23(30-25(14-19)33-10-8-20(33)17-35)21-16-29-34-11-9-22(31-26(21)34)24-7-6-12-37-24/h6-7,9,11-14,16,18,20,35H,4-5,8,10,15,17H2,1-3H3,(H,28,36)/t18?,20-/m1/s1. The van der Waals surface area contributed by atoms with E-state index in [9.17, 15) is 9.90 Å². The lowest BCUT2D eigenvalue weighted by Gasteiger charge is -2.41. The highest BCUT2D eigenvalue weighted by Gasteiger charge is 2.30. The van der Waals surface area contributed by atoms with Crippen molar-refractivity contribution >= 4 is 28.7 Å². The summed E-state index contributed by atoms with van der Waals surface area (Å²) >= 11 is 1.63. The molecular weight excluding hydrogens is 486 g/mol. The van der Waals surface area contributed by atoms with Gasteiger partial charge in [0.1, 0.15) is 5.82 Å². The quantitative estimate of drug-likeness (QED) is 0.331. The van der Waals surface area contributed by atoms with Gasteiger partial charge in [-0.2, -0.15) is 5.10 Å². The van der Waals surface area contributed by atoms with E-state index in [2.05, 4.69) is 41.0 Å². The molecule has 1 unspecified atom stereocenters. The van der Waals surface area contributed by atoms with Gasteiger partial charge in [0.2, 0.25) is 0 Å². The highest BCUT2D eigenvalue weighted by atomic mass is 32.1. The van der Waals surface area contributed by atoms with E-state index in [0.717, 1.165) is 42.2 Å². The molecule has 1 aliphatic heterocycles. The van der Waals surface area contributed by atoms with E-state index in [1.807, 2.05) is 41.9 Å². The van der Waals surface area contributed by atoms with Crippen LogP contribution in [0.4, 0.5) is 5.82 Å². The molecule has 37 heavy (non-hydrogen) atoms. The Kier molecular flexibility index (Phi) is 7.50. The molecule has 0 bridgehead atoms. The van der Waals surface area contributed by atoms with E-state index in [0.29, 0.717) is 29.3 Å². The Morgan fingerprint density at radius 1 is 1.24 bits per heavy atom. The summed E-state index contributed by atoms with van der Waals surface area (Å²) < 4.78 is 1.73. The minimum atomic E-state index is -0.145. The van der Waals surface area contributed by atoms with Crippen LogP contribution in [0.15, 0.2) is 48.1 Å². The number of aromatic nitrogens is 4. The van der Waals surface area contributed by atoms with Gasteiger partial charge in [0.25, 0.3) is 5.91 Å². The number of hydrogen-bond donors (Lipinski definition) is 2. The van der Waals surface area contributed by atoms with Crippen LogP contribution in [0.3, 0.4) is 0 Å². The molecule has 5 heterocycles. The second kappa shape index (κ2) is 11.0. The van der Waals surface area contributed by atoms with Gasteiger partial charge in [0, 0.05) is 30.9 Å². The Morgan fingerprint density at radius 2 is 2.08 bits per heavy atom. The largest absolute Gasteiger partial charge is 0.394 e. The van der Waals surface area contributed by atoms with Crippen molar-refractivity contribution in [2.45, 2.75) is 39.3 Å². The van der Waals surface area contributed by atoms with Gasteiger partial charge in [-0.05, 0) is 56.1 Å². The molecule has 5 rings (SSSR count). The maximum Gasteiger partial charge on any atom is 0.251 e. The molecule has 0 aliphatic carbocycles. The monoisotopic (exact) mass is 519 g/mol. The van der Waals surface area contributed by atoms with Crippen molar-refractivity contribution in [3.05, 3.63) is 53.7 Å². The summed E-state index contributed by atoms with van der Waals surface area (Å²) in [7, 11) is 0. The van der Waals surface area contributed by atoms with Crippen molar-refractivity contribution < 1.29 is 9.90 Å². The summed E-state index contributed by atoms with van der Waals surface area (Å²) in [5, 5.41) is 19.4. The van der Waals surface area contributed by atoms with E-state index in [1.54, 1.807) is 22.0 Å². The first kappa shape index (κ1) is 25.3. The molecule has 194 valence electrons. The molecule has 10 heteroatoms. The molecule has 2 atom stereocenters. The molecule has 1 aliphatic rings. The summed E-state index contributed by atoms with van der Waals surface area (Å²) in [4.78, 5) is 28.5. The van der Waals surface area contributed by atoms with E-state index in [1.165, 1.54) is 0 Å². The zero-order valence-corrected chi connectivity index (χ0v) is 22.3. The van der Waals surface area contributed by atoms with Crippen LogP contribution in [0, 0.1) is 0 Å². The number of likely N-dealkylation sites (N-methyl/N-ethyl adjacent to an activating group) is 1. The van der Waals surface area contributed by atoms with Gasteiger partial charge in [-0.3, -0.25) is 9.69 Å². The molecule has 1 saturated heterocycles. The molecule has 4 aromatic heterocycles. The van der Waals surface area contributed by atoms with Crippen molar-refractivity contribution in [1.82, 2.24) is 29.8 Å². The number of anilines is 1. The number of hydrogen-bond acceptors (Lipinski definition) is 8. The van der Waals surface area contributed by atoms with Crippen LogP contribution in [0.5, 0.6) is 0 Å². The molecule has 0 saturated carbocycles. The normalized spacial score (nSPS) is 16.2.